The molecule has 0 aliphatic rings. The number of nitrogens with one attached hydrogen (secondary N) is 1. The van der Waals surface area contributed by atoms with E-state index in [1.165, 1.54) is 0 Å². The fourth-order valence-corrected chi connectivity index (χ4v) is 3.42. The van der Waals surface area contributed by atoms with Crippen LogP contribution in [0.2, 0.25) is 0 Å². The maximum atomic E-state index is 12.4. The summed E-state index contributed by atoms with van der Waals surface area (Å²) < 4.78 is 27.5. The molecule has 0 spiro atoms. The SMILES string of the molecule is Cc1cnccc1CNS(=O)(=O)c1cccc(CN)c1C. The summed E-state index contributed by atoms with van der Waals surface area (Å²) in [4.78, 5) is 4.27. The number of hydrogen-bond acceptors (Lipinski definition) is 4. The number of aromatic nitrogens is 1. The van der Waals surface area contributed by atoms with E-state index >= 15 is 0 Å². The predicted molar refractivity (Wildman–Crippen MR) is 82.1 cm³/mol. The second-order valence-corrected chi connectivity index (χ2v) is 6.61. The number of benzene rings is 1. The Morgan fingerprint density at radius 1 is 1.19 bits per heavy atom. The van der Waals surface area contributed by atoms with E-state index in [9.17, 15) is 8.42 Å². The van der Waals surface area contributed by atoms with Gasteiger partial charge in [-0.1, -0.05) is 12.1 Å². The first-order valence-electron chi connectivity index (χ1n) is 6.63. The van der Waals surface area contributed by atoms with Crippen molar-refractivity contribution in [1.29, 1.82) is 0 Å². The molecule has 0 amide bonds. The first-order chi connectivity index (χ1) is 9.95. The molecule has 0 atom stereocenters. The van der Waals surface area contributed by atoms with Gasteiger partial charge in [-0.2, -0.15) is 0 Å². The second kappa shape index (κ2) is 6.34. The largest absolute Gasteiger partial charge is 0.326 e. The number of pyridine rings is 1. The highest BCUT2D eigenvalue weighted by molar-refractivity contribution is 7.89. The highest BCUT2D eigenvalue weighted by atomic mass is 32.2. The van der Waals surface area contributed by atoms with Gasteiger partial charge in [-0.3, -0.25) is 4.98 Å². The van der Waals surface area contributed by atoms with Crippen LogP contribution in [0.1, 0.15) is 22.3 Å². The highest BCUT2D eigenvalue weighted by Crippen LogP contribution is 2.19. The normalized spacial score (nSPS) is 11.6. The lowest BCUT2D eigenvalue weighted by Crippen LogP contribution is -2.24. The molecule has 1 aromatic carbocycles. The average molecular weight is 305 g/mol. The minimum Gasteiger partial charge on any atom is -0.326 e. The molecule has 3 N–H and O–H groups in total. The highest BCUT2D eigenvalue weighted by Gasteiger charge is 2.18. The van der Waals surface area contributed by atoms with Gasteiger partial charge in [-0.15, -0.1) is 0 Å². The van der Waals surface area contributed by atoms with Crippen molar-refractivity contribution in [1.82, 2.24) is 9.71 Å². The van der Waals surface area contributed by atoms with Crippen LogP contribution in [0.15, 0.2) is 41.6 Å². The van der Waals surface area contributed by atoms with Crippen molar-refractivity contribution in [2.24, 2.45) is 5.73 Å². The van der Waals surface area contributed by atoms with E-state index in [4.69, 9.17) is 5.73 Å². The molecule has 0 aliphatic heterocycles. The van der Waals surface area contributed by atoms with E-state index in [0.717, 1.165) is 16.7 Å². The molecular formula is C15H19N3O2S. The molecular weight excluding hydrogens is 286 g/mol. The van der Waals surface area contributed by atoms with Crippen molar-refractivity contribution in [2.45, 2.75) is 31.8 Å². The average Bonchev–Trinajstić information content (AvgIpc) is 2.46. The summed E-state index contributed by atoms with van der Waals surface area (Å²) in [7, 11) is -3.56. The Labute approximate surface area is 125 Å². The second-order valence-electron chi connectivity index (χ2n) is 4.87. The van der Waals surface area contributed by atoms with Gasteiger partial charge >= 0.3 is 0 Å². The van der Waals surface area contributed by atoms with E-state index in [1.54, 1.807) is 37.5 Å². The number of hydrogen-bond donors (Lipinski definition) is 2. The lowest BCUT2D eigenvalue weighted by atomic mass is 10.1. The number of aryl methyl sites for hydroxylation is 1. The molecule has 5 nitrogen and oxygen atoms in total. The number of sulfonamides is 1. The van der Waals surface area contributed by atoms with Gasteiger partial charge in [-0.05, 0) is 48.2 Å². The Hall–Kier alpha value is -1.76. The van der Waals surface area contributed by atoms with Crippen molar-refractivity contribution >= 4 is 10.0 Å². The Bertz CT molecular complexity index is 742. The first kappa shape index (κ1) is 15.6. The van der Waals surface area contributed by atoms with Crippen molar-refractivity contribution in [3.63, 3.8) is 0 Å². The number of nitrogens with two attached hydrogens (primary N) is 1. The van der Waals surface area contributed by atoms with Crippen molar-refractivity contribution in [3.05, 3.63) is 58.9 Å². The Balaban J connectivity index is 2.26. The van der Waals surface area contributed by atoms with Crippen LogP contribution in [-0.4, -0.2) is 13.4 Å². The van der Waals surface area contributed by atoms with Crippen LogP contribution in [-0.2, 0) is 23.1 Å². The predicted octanol–water partition coefficient (Wildman–Crippen LogP) is 1.64. The minimum absolute atomic E-state index is 0.239. The lowest BCUT2D eigenvalue weighted by Gasteiger charge is -2.12. The smallest absolute Gasteiger partial charge is 0.241 e. The fraction of sp³-hybridized carbons (Fsp3) is 0.267. The monoisotopic (exact) mass is 305 g/mol. The van der Waals surface area contributed by atoms with Crippen molar-refractivity contribution in [3.8, 4) is 0 Å². The summed E-state index contributed by atoms with van der Waals surface area (Å²) in [5.41, 5.74) is 9.01. The van der Waals surface area contributed by atoms with Crippen LogP contribution in [0.25, 0.3) is 0 Å². The van der Waals surface area contributed by atoms with Gasteiger partial charge in [-0.25, -0.2) is 13.1 Å². The van der Waals surface area contributed by atoms with Crippen LogP contribution in [0, 0.1) is 13.8 Å². The van der Waals surface area contributed by atoms with Gasteiger partial charge in [0.05, 0.1) is 4.90 Å². The topological polar surface area (TPSA) is 85.1 Å². The molecule has 0 aliphatic carbocycles. The molecule has 0 saturated heterocycles. The molecule has 0 bridgehead atoms. The van der Waals surface area contributed by atoms with Crippen LogP contribution in [0.4, 0.5) is 0 Å². The zero-order chi connectivity index (χ0) is 15.5. The summed E-state index contributed by atoms with van der Waals surface area (Å²) in [6.07, 6.45) is 3.36. The van der Waals surface area contributed by atoms with Gasteiger partial charge < -0.3 is 5.73 Å². The molecule has 1 heterocycles. The number of rotatable bonds is 5. The molecule has 0 radical (unpaired) electrons. The van der Waals surface area contributed by atoms with Crippen LogP contribution < -0.4 is 10.5 Å². The molecule has 21 heavy (non-hydrogen) atoms. The first-order valence-corrected chi connectivity index (χ1v) is 8.11. The van der Waals surface area contributed by atoms with Gasteiger partial charge in [0.25, 0.3) is 0 Å². The molecule has 2 rings (SSSR count). The Kier molecular flexibility index (Phi) is 4.72. The molecule has 2 aromatic rings. The fourth-order valence-electron chi connectivity index (χ4n) is 2.12. The summed E-state index contributed by atoms with van der Waals surface area (Å²) in [5, 5.41) is 0. The third kappa shape index (κ3) is 3.47. The standard InChI is InChI=1S/C15H19N3O2S/c1-11-9-17-7-6-14(11)10-18-21(19,20)15-5-3-4-13(8-16)12(15)2/h3-7,9,18H,8,10,16H2,1-2H3. The summed E-state index contributed by atoms with van der Waals surface area (Å²) in [6, 6.07) is 6.94. The third-order valence-corrected chi connectivity index (χ3v) is 5.04. The van der Waals surface area contributed by atoms with Crippen LogP contribution in [0.3, 0.4) is 0 Å². The maximum Gasteiger partial charge on any atom is 0.241 e. The van der Waals surface area contributed by atoms with Gasteiger partial charge in [0.2, 0.25) is 10.0 Å². The van der Waals surface area contributed by atoms with Crippen LogP contribution in [0.5, 0.6) is 0 Å². The minimum atomic E-state index is -3.56. The molecule has 1 aromatic heterocycles. The van der Waals surface area contributed by atoms with Crippen LogP contribution >= 0.6 is 0 Å². The lowest BCUT2D eigenvalue weighted by molar-refractivity contribution is 0.580. The van der Waals surface area contributed by atoms with E-state index in [2.05, 4.69) is 9.71 Å². The van der Waals surface area contributed by atoms with E-state index < -0.39 is 10.0 Å². The molecule has 112 valence electrons. The zero-order valence-corrected chi connectivity index (χ0v) is 12.9. The van der Waals surface area contributed by atoms with Crippen molar-refractivity contribution < 1.29 is 8.42 Å². The van der Waals surface area contributed by atoms with E-state index in [1.807, 2.05) is 13.0 Å². The molecule has 6 heteroatoms. The third-order valence-electron chi connectivity index (χ3n) is 3.49. The molecule has 0 saturated carbocycles. The zero-order valence-electron chi connectivity index (χ0n) is 12.1. The summed E-state index contributed by atoms with van der Waals surface area (Å²) in [6.45, 7) is 4.23. The number of nitrogens with zero attached hydrogens (tertiary/aromatic N) is 1. The van der Waals surface area contributed by atoms with Gasteiger partial charge in [0.1, 0.15) is 0 Å². The maximum absolute atomic E-state index is 12.4. The van der Waals surface area contributed by atoms with E-state index in [-0.39, 0.29) is 11.4 Å². The van der Waals surface area contributed by atoms with E-state index in [0.29, 0.717) is 12.1 Å². The summed E-state index contributed by atoms with van der Waals surface area (Å²) >= 11 is 0. The van der Waals surface area contributed by atoms with Crippen molar-refractivity contribution in [2.75, 3.05) is 0 Å². The Morgan fingerprint density at radius 3 is 2.62 bits per heavy atom. The van der Waals surface area contributed by atoms with Gasteiger partial charge in [0, 0.05) is 25.5 Å². The van der Waals surface area contributed by atoms with Gasteiger partial charge in [0.15, 0.2) is 0 Å². The molecule has 0 unspecified atom stereocenters. The summed E-state index contributed by atoms with van der Waals surface area (Å²) in [5.74, 6) is 0. The molecule has 0 fully saturated rings. The quantitative estimate of drug-likeness (QED) is 0.879. The Morgan fingerprint density at radius 2 is 1.95 bits per heavy atom.